The lowest BCUT2D eigenvalue weighted by Crippen LogP contribution is -2.42. The number of carbonyl (C=O) groups excluding carboxylic acids is 1. The van der Waals surface area contributed by atoms with Gasteiger partial charge in [0, 0.05) is 18.3 Å². The molecular formula is C20H27N5O2S. The third-order valence-corrected chi connectivity index (χ3v) is 6.41. The van der Waals surface area contributed by atoms with Crippen LogP contribution in [0.5, 0.6) is 0 Å². The average Bonchev–Trinajstić information content (AvgIpc) is 3.41. The second-order valence-electron chi connectivity index (χ2n) is 7.46. The standard InChI is InChI=1S/C20H27N5O2S/c26-19(15-28-20-21-22-23-24(20)14-18-12-7-13-27-18)25(16-8-3-1-4-9-16)17-10-5-2-6-11-17/h1,3-4,8-9,17-18H,2,5-7,10-15H2/t18-/m0/s1. The zero-order valence-electron chi connectivity index (χ0n) is 16.1. The molecule has 2 aliphatic rings. The number of para-hydroxylation sites is 1. The molecule has 0 N–H and O–H groups in total. The van der Waals surface area contributed by atoms with Gasteiger partial charge in [-0.15, -0.1) is 5.10 Å². The van der Waals surface area contributed by atoms with E-state index in [-0.39, 0.29) is 18.1 Å². The molecule has 1 aromatic carbocycles. The molecule has 0 unspecified atom stereocenters. The summed E-state index contributed by atoms with van der Waals surface area (Å²) < 4.78 is 7.45. The molecule has 1 amide bonds. The molecule has 28 heavy (non-hydrogen) atoms. The van der Waals surface area contributed by atoms with Crippen LogP contribution in [0, 0.1) is 0 Å². The van der Waals surface area contributed by atoms with Crippen LogP contribution in [0.4, 0.5) is 5.69 Å². The van der Waals surface area contributed by atoms with E-state index in [1.165, 1.54) is 31.0 Å². The van der Waals surface area contributed by atoms with Gasteiger partial charge in [-0.2, -0.15) is 0 Å². The van der Waals surface area contributed by atoms with E-state index < -0.39 is 0 Å². The number of rotatable bonds is 7. The summed E-state index contributed by atoms with van der Waals surface area (Å²) in [6, 6.07) is 10.3. The van der Waals surface area contributed by atoms with E-state index in [9.17, 15) is 4.79 Å². The van der Waals surface area contributed by atoms with Gasteiger partial charge in [-0.1, -0.05) is 49.2 Å². The molecule has 8 heteroatoms. The fraction of sp³-hybridized carbons (Fsp3) is 0.600. The van der Waals surface area contributed by atoms with Crippen LogP contribution in [0.3, 0.4) is 0 Å². The molecule has 0 bridgehead atoms. The summed E-state index contributed by atoms with van der Waals surface area (Å²) >= 11 is 1.41. The van der Waals surface area contributed by atoms with E-state index in [4.69, 9.17) is 4.74 Å². The molecule has 1 saturated heterocycles. The summed E-state index contributed by atoms with van der Waals surface area (Å²) in [7, 11) is 0. The van der Waals surface area contributed by atoms with Crippen LogP contribution in [-0.4, -0.2) is 50.6 Å². The monoisotopic (exact) mass is 401 g/mol. The fourth-order valence-electron chi connectivity index (χ4n) is 4.08. The van der Waals surface area contributed by atoms with Gasteiger partial charge in [-0.05, 0) is 48.2 Å². The molecule has 2 fully saturated rings. The average molecular weight is 402 g/mol. The van der Waals surface area contributed by atoms with Gasteiger partial charge in [-0.3, -0.25) is 4.79 Å². The summed E-state index contributed by atoms with van der Waals surface area (Å²) in [6.07, 6.45) is 8.07. The Balaban J connectivity index is 1.42. The van der Waals surface area contributed by atoms with Crippen molar-refractivity contribution in [1.29, 1.82) is 0 Å². The van der Waals surface area contributed by atoms with Crippen LogP contribution >= 0.6 is 11.8 Å². The van der Waals surface area contributed by atoms with Crippen molar-refractivity contribution >= 4 is 23.4 Å². The Morgan fingerprint density at radius 3 is 2.71 bits per heavy atom. The number of hydrogen-bond donors (Lipinski definition) is 0. The van der Waals surface area contributed by atoms with Gasteiger partial charge in [0.2, 0.25) is 11.1 Å². The van der Waals surface area contributed by atoms with Crippen molar-refractivity contribution in [1.82, 2.24) is 20.2 Å². The van der Waals surface area contributed by atoms with Crippen molar-refractivity contribution in [3.63, 3.8) is 0 Å². The zero-order valence-corrected chi connectivity index (χ0v) is 16.9. The molecule has 2 aromatic rings. The highest BCUT2D eigenvalue weighted by Crippen LogP contribution is 2.29. The minimum absolute atomic E-state index is 0.120. The minimum atomic E-state index is 0.120. The highest BCUT2D eigenvalue weighted by atomic mass is 32.2. The smallest absolute Gasteiger partial charge is 0.237 e. The van der Waals surface area contributed by atoms with E-state index in [2.05, 4.69) is 15.5 Å². The Morgan fingerprint density at radius 2 is 1.96 bits per heavy atom. The van der Waals surface area contributed by atoms with Gasteiger partial charge < -0.3 is 9.64 Å². The SMILES string of the molecule is O=C(CSc1nnnn1C[C@@H]1CCCO1)N(c1ccccc1)C1CCCCC1. The third kappa shape index (κ3) is 4.72. The fourth-order valence-corrected chi connectivity index (χ4v) is 4.82. The molecule has 2 heterocycles. The maximum atomic E-state index is 13.2. The second-order valence-corrected chi connectivity index (χ2v) is 8.40. The van der Waals surface area contributed by atoms with Gasteiger partial charge in [-0.25, -0.2) is 4.68 Å². The quantitative estimate of drug-likeness (QED) is 0.663. The van der Waals surface area contributed by atoms with Crippen LogP contribution in [0.25, 0.3) is 0 Å². The molecule has 150 valence electrons. The number of anilines is 1. The van der Waals surface area contributed by atoms with Gasteiger partial charge in [0.1, 0.15) is 0 Å². The topological polar surface area (TPSA) is 73.1 Å². The number of benzene rings is 1. The first kappa shape index (κ1) is 19.4. The molecule has 1 atom stereocenters. The van der Waals surface area contributed by atoms with Crippen molar-refractivity contribution in [2.24, 2.45) is 0 Å². The van der Waals surface area contributed by atoms with Gasteiger partial charge in [0.15, 0.2) is 0 Å². The second kappa shape index (κ2) is 9.52. The van der Waals surface area contributed by atoms with E-state index in [0.717, 1.165) is 38.0 Å². The first-order chi connectivity index (χ1) is 13.8. The Hall–Kier alpha value is -1.93. The maximum Gasteiger partial charge on any atom is 0.237 e. The van der Waals surface area contributed by atoms with Crippen molar-refractivity contribution in [2.45, 2.75) is 68.8 Å². The maximum absolute atomic E-state index is 13.2. The minimum Gasteiger partial charge on any atom is -0.376 e. The molecule has 0 spiro atoms. The third-order valence-electron chi connectivity index (χ3n) is 5.47. The summed E-state index contributed by atoms with van der Waals surface area (Å²) in [5.74, 6) is 0.451. The van der Waals surface area contributed by atoms with Crippen LogP contribution in [0.2, 0.25) is 0 Å². The lowest BCUT2D eigenvalue weighted by Gasteiger charge is -2.34. The lowest BCUT2D eigenvalue weighted by atomic mass is 9.93. The summed E-state index contributed by atoms with van der Waals surface area (Å²) in [6.45, 7) is 1.45. The number of amides is 1. The first-order valence-corrected chi connectivity index (χ1v) is 11.2. The van der Waals surface area contributed by atoms with E-state index >= 15 is 0 Å². The Labute approximate surface area is 169 Å². The Kier molecular flexibility index (Phi) is 6.59. The number of thioether (sulfide) groups is 1. The number of hydrogen-bond acceptors (Lipinski definition) is 6. The van der Waals surface area contributed by atoms with Gasteiger partial charge in [0.05, 0.1) is 18.4 Å². The highest BCUT2D eigenvalue weighted by Gasteiger charge is 2.27. The predicted octanol–water partition coefficient (Wildman–Crippen LogP) is 3.31. The molecule has 1 aliphatic heterocycles. The van der Waals surface area contributed by atoms with Crippen LogP contribution in [0.1, 0.15) is 44.9 Å². The van der Waals surface area contributed by atoms with Crippen molar-refractivity contribution in [3.05, 3.63) is 30.3 Å². The number of ether oxygens (including phenoxy) is 1. The van der Waals surface area contributed by atoms with E-state index in [1.54, 1.807) is 4.68 Å². The lowest BCUT2D eigenvalue weighted by molar-refractivity contribution is -0.116. The summed E-state index contributed by atoms with van der Waals surface area (Å²) in [5, 5.41) is 12.7. The number of tetrazole rings is 1. The number of nitrogens with zero attached hydrogens (tertiary/aromatic N) is 5. The van der Waals surface area contributed by atoms with E-state index in [0.29, 0.717) is 17.5 Å². The zero-order chi connectivity index (χ0) is 19.2. The Morgan fingerprint density at radius 1 is 1.14 bits per heavy atom. The van der Waals surface area contributed by atoms with E-state index in [1.807, 2.05) is 35.2 Å². The predicted molar refractivity (Wildman–Crippen MR) is 108 cm³/mol. The van der Waals surface area contributed by atoms with Gasteiger partial charge >= 0.3 is 0 Å². The van der Waals surface area contributed by atoms with Crippen LogP contribution in [-0.2, 0) is 16.1 Å². The van der Waals surface area contributed by atoms with Crippen LogP contribution < -0.4 is 4.90 Å². The first-order valence-electron chi connectivity index (χ1n) is 10.2. The molecule has 1 aliphatic carbocycles. The highest BCUT2D eigenvalue weighted by molar-refractivity contribution is 7.99. The van der Waals surface area contributed by atoms with Gasteiger partial charge in [0.25, 0.3) is 0 Å². The van der Waals surface area contributed by atoms with Crippen molar-refractivity contribution in [2.75, 3.05) is 17.3 Å². The molecule has 0 radical (unpaired) electrons. The summed E-state index contributed by atoms with van der Waals surface area (Å²) in [4.78, 5) is 15.2. The van der Waals surface area contributed by atoms with Crippen molar-refractivity contribution in [3.8, 4) is 0 Å². The molecular weight excluding hydrogens is 374 g/mol. The molecule has 7 nitrogen and oxygen atoms in total. The van der Waals surface area contributed by atoms with Crippen molar-refractivity contribution < 1.29 is 9.53 Å². The largest absolute Gasteiger partial charge is 0.376 e. The number of carbonyl (C=O) groups is 1. The molecule has 1 aromatic heterocycles. The Bertz CT molecular complexity index is 757. The summed E-state index contributed by atoms with van der Waals surface area (Å²) in [5.41, 5.74) is 0.985. The molecule has 4 rings (SSSR count). The normalized spacial score (nSPS) is 20.4. The van der Waals surface area contributed by atoms with Crippen LogP contribution in [0.15, 0.2) is 35.5 Å². The number of aromatic nitrogens is 4. The molecule has 1 saturated carbocycles.